The van der Waals surface area contributed by atoms with Gasteiger partial charge in [-0.15, -0.1) is 0 Å². The Morgan fingerprint density at radius 3 is 2.64 bits per heavy atom. The maximum atomic E-state index is 12.2. The van der Waals surface area contributed by atoms with Crippen LogP contribution in [0.15, 0.2) is 24.3 Å². The van der Waals surface area contributed by atoms with E-state index in [1.165, 1.54) is 6.07 Å². The molecule has 0 atom stereocenters. The van der Waals surface area contributed by atoms with Crippen molar-refractivity contribution in [3.63, 3.8) is 0 Å². The van der Waals surface area contributed by atoms with E-state index in [9.17, 15) is 14.9 Å². The molecule has 7 heteroatoms. The maximum Gasteiger partial charge on any atom is 0.310 e. The molecule has 1 heterocycles. The Labute approximate surface area is 146 Å². The molecule has 0 radical (unpaired) electrons. The number of aromatic nitrogens is 2. The molecule has 0 aliphatic heterocycles. The van der Waals surface area contributed by atoms with Gasteiger partial charge in [-0.25, -0.2) is 0 Å². The zero-order valence-corrected chi connectivity index (χ0v) is 15.0. The van der Waals surface area contributed by atoms with Crippen molar-refractivity contribution in [1.29, 1.82) is 0 Å². The van der Waals surface area contributed by atoms with Crippen LogP contribution in [-0.2, 0) is 29.1 Å². The topological polar surface area (TPSA) is 87.3 Å². The fourth-order valence-corrected chi connectivity index (χ4v) is 2.68. The van der Waals surface area contributed by atoms with Gasteiger partial charge in [0.1, 0.15) is 6.61 Å². The molecule has 0 aliphatic rings. The summed E-state index contributed by atoms with van der Waals surface area (Å²) >= 11 is 0. The summed E-state index contributed by atoms with van der Waals surface area (Å²) in [6.45, 7) is 8.70. The molecule has 0 bridgehead atoms. The van der Waals surface area contributed by atoms with E-state index in [4.69, 9.17) is 4.74 Å². The van der Waals surface area contributed by atoms with Gasteiger partial charge in [0.15, 0.2) is 0 Å². The molecule has 25 heavy (non-hydrogen) atoms. The molecule has 0 spiro atoms. The van der Waals surface area contributed by atoms with Gasteiger partial charge in [0.05, 0.1) is 22.6 Å². The number of esters is 1. The van der Waals surface area contributed by atoms with E-state index < -0.39 is 10.9 Å². The first-order chi connectivity index (χ1) is 11.8. The number of nitro benzene ring substituents is 1. The first-order valence-corrected chi connectivity index (χ1v) is 8.20. The molecular formula is C18H23N3O4. The third kappa shape index (κ3) is 4.65. The lowest BCUT2D eigenvalue weighted by atomic mass is 10.1. The summed E-state index contributed by atoms with van der Waals surface area (Å²) in [7, 11) is 0. The summed E-state index contributed by atoms with van der Waals surface area (Å²) in [5.41, 5.74) is 2.94. The average Bonchev–Trinajstić information content (AvgIpc) is 2.80. The standard InChI is InChI=1S/C18H23N3O4/c1-12(2)10-20-14(4)16(13(3)19-20)9-18(22)25-11-15-7-5-6-8-17(15)21(23)24/h5-8,12H,9-11H2,1-4H3. The number of nitrogens with zero attached hydrogens (tertiary/aromatic N) is 3. The van der Waals surface area contributed by atoms with Crippen LogP contribution in [0.25, 0.3) is 0 Å². The smallest absolute Gasteiger partial charge is 0.310 e. The highest BCUT2D eigenvalue weighted by Gasteiger charge is 2.18. The van der Waals surface area contributed by atoms with Crippen molar-refractivity contribution in [3.05, 3.63) is 56.9 Å². The van der Waals surface area contributed by atoms with E-state index >= 15 is 0 Å². The molecule has 0 aliphatic carbocycles. The molecule has 7 nitrogen and oxygen atoms in total. The van der Waals surface area contributed by atoms with Gasteiger partial charge in [0, 0.05) is 23.9 Å². The number of carbonyl (C=O) groups excluding carboxylic acids is 1. The summed E-state index contributed by atoms with van der Waals surface area (Å²) in [4.78, 5) is 22.7. The van der Waals surface area contributed by atoms with Gasteiger partial charge < -0.3 is 4.74 Å². The van der Waals surface area contributed by atoms with Crippen molar-refractivity contribution in [1.82, 2.24) is 9.78 Å². The molecule has 0 saturated carbocycles. The number of aryl methyl sites for hydroxylation is 1. The SMILES string of the molecule is Cc1nn(CC(C)C)c(C)c1CC(=O)OCc1ccccc1[N+](=O)[O-]. The van der Waals surface area contributed by atoms with E-state index in [0.29, 0.717) is 11.5 Å². The fraction of sp³-hybridized carbons (Fsp3) is 0.444. The monoisotopic (exact) mass is 345 g/mol. The second kappa shape index (κ2) is 7.92. The molecule has 2 aromatic rings. The molecule has 0 saturated heterocycles. The number of rotatable bonds is 7. The van der Waals surface area contributed by atoms with Gasteiger partial charge in [-0.3, -0.25) is 19.6 Å². The number of hydrogen-bond acceptors (Lipinski definition) is 5. The molecule has 2 rings (SSSR count). The quantitative estimate of drug-likeness (QED) is 0.436. The number of nitro groups is 1. The van der Waals surface area contributed by atoms with Gasteiger partial charge in [0.2, 0.25) is 0 Å². The molecule has 0 N–H and O–H groups in total. The van der Waals surface area contributed by atoms with E-state index in [0.717, 1.165) is 23.5 Å². The van der Waals surface area contributed by atoms with Crippen LogP contribution >= 0.6 is 0 Å². The zero-order valence-electron chi connectivity index (χ0n) is 15.0. The van der Waals surface area contributed by atoms with Crippen LogP contribution in [0.1, 0.15) is 36.4 Å². The third-order valence-electron chi connectivity index (χ3n) is 3.97. The highest BCUT2D eigenvalue weighted by atomic mass is 16.6. The Bertz CT molecular complexity index is 781. The number of benzene rings is 1. The first kappa shape index (κ1) is 18.6. The van der Waals surface area contributed by atoms with Crippen LogP contribution < -0.4 is 0 Å². The first-order valence-electron chi connectivity index (χ1n) is 8.20. The maximum absolute atomic E-state index is 12.2. The van der Waals surface area contributed by atoms with Gasteiger partial charge >= 0.3 is 5.97 Å². The minimum Gasteiger partial charge on any atom is -0.460 e. The number of carbonyl (C=O) groups is 1. The molecular weight excluding hydrogens is 322 g/mol. The highest BCUT2D eigenvalue weighted by molar-refractivity contribution is 5.73. The minimum atomic E-state index is -0.479. The largest absolute Gasteiger partial charge is 0.460 e. The summed E-state index contributed by atoms with van der Waals surface area (Å²) in [5.74, 6) is 0.0323. The molecule has 1 aromatic carbocycles. The van der Waals surface area contributed by atoms with E-state index in [-0.39, 0.29) is 18.7 Å². The number of para-hydroxylation sites is 1. The summed E-state index contributed by atoms with van der Waals surface area (Å²) in [6, 6.07) is 6.25. The lowest BCUT2D eigenvalue weighted by molar-refractivity contribution is -0.385. The average molecular weight is 345 g/mol. The normalized spacial score (nSPS) is 10.9. The predicted octanol–water partition coefficient (Wildman–Crippen LogP) is 3.35. The summed E-state index contributed by atoms with van der Waals surface area (Å²) < 4.78 is 7.15. The Kier molecular flexibility index (Phi) is 5.90. The van der Waals surface area contributed by atoms with Crippen LogP contribution in [0.4, 0.5) is 5.69 Å². The van der Waals surface area contributed by atoms with Gasteiger partial charge in [0.25, 0.3) is 5.69 Å². The Balaban J connectivity index is 2.04. The Hall–Kier alpha value is -2.70. The molecule has 0 unspecified atom stereocenters. The van der Waals surface area contributed by atoms with Gasteiger partial charge in [-0.1, -0.05) is 26.0 Å². The summed E-state index contributed by atoms with van der Waals surface area (Å²) in [6.07, 6.45) is 0.108. The van der Waals surface area contributed by atoms with Crippen molar-refractivity contribution in [2.24, 2.45) is 5.92 Å². The number of ether oxygens (including phenoxy) is 1. The zero-order chi connectivity index (χ0) is 18.6. The highest BCUT2D eigenvalue weighted by Crippen LogP contribution is 2.20. The Morgan fingerprint density at radius 1 is 1.32 bits per heavy atom. The van der Waals surface area contributed by atoms with Crippen LogP contribution in [0.5, 0.6) is 0 Å². The minimum absolute atomic E-state index is 0.0487. The van der Waals surface area contributed by atoms with Crippen molar-refractivity contribution in [3.8, 4) is 0 Å². The van der Waals surface area contributed by atoms with E-state index in [2.05, 4.69) is 18.9 Å². The lowest BCUT2D eigenvalue weighted by Crippen LogP contribution is -2.11. The second-order valence-electron chi connectivity index (χ2n) is 6.45. The molecule has 1 aromatic heterocycles. The summed E-state index contributed by atoms with van der Waals surface area (Å²) in [5, 5.41) is 15.5. The predicted molar refractivity (Wildman–Crippen MR) is 93.1 cm³/mol. The molecule has 134 valence electrons. The van der Waals surface area contributed by atoms with E-state index in [1.807, 2.05) is 18.5 Å². The van der Waals surface area contributed by atoms with Crippen molar-refractivity contribution in [2.45, 2.75) is 47.3 Å². The number of hydrogen-bond donors (Lipinski definition) is 0. The molecule has 0 fully saturated rings. The fourth-order valence-electron chi connectivity index (χ4n) is 2.68. The van der Waals surface area contributed by atoms with Crippen molar-refractivity contribution >= 4 is 11.7 Å². The van der Waals surface area contributed by atoms with Crippen molar-refractivity contribution in [2.75, 3.05) is 0 Å². The van der Waals surface area contributed by atoms with Gasteiger partial charge in [-0.05, 0) is 25.8 Å². The van der Waals surface area contributed by atoms with Crippen LogP contribution in [0.2, 0.25) is 0 Å². The van der Waals surface area contributed by atoms with Gasteiger partial charge in [-0.2, -0.15) is 5.10 Å². The van der Waals surface area contributed by atoms with Crippen LogP contribution in [0.3, 0.4) is 0 Å². The molecule has 0 amide bonds. The third-order valence-corrected chi connectivity index (χ3v) is 3.97. The van der Waals surface area contributed by atoms with Crippen LogP contribution in [0, 0.1) is 29.9 Å². The van der Waals surface area contributed by atoms with Crippen LogP contribution in [-0.4, -0.2) is 20.7 Å². The lowest BCUT2D eigenvalue weighted by Gasteiger charge is -2.08. The van der Waals surface area contributed by atoms with Crippen molar-refractivity contribution < 1.29 is 14.5 Å². The van der Waals surface area contributed by atoms with E-state index in [1.54, 1.807) is 18.2 Å². The second-order valence-corrected chi connectivity index (χ2v) is 6.45. The Morgan fingerprint density at radius 2 is 2.00 bits per heavy atom.